The number of aromatic nitrogens is 1. The normalized spacial score (nSPS) is 11.1. The maximum atomic E-state index is 12.3. The third kappa shape index (κ3) is 11.1. The first-order valence-electron chi connectivity index (χ1n) is 12.3. The second kappa shape index (κ2) is 15.8. The molecule has 0 fully saturated rings. The van der Waals surface area contributed by atoms with E-state index in [4.69, 9.17) is 32.1 Å². The Morgan fingerprint density at radius 3 is 2.15 bits per heavy atom. The number of nitrogens with one attached hydrogen (secondary N) is 1. The number of Topliss-reactive ketones (excluding diaryl/α,β-unsaturated/α-hetero) is 1. The van der Waals surface area contributed by atoms with Crippen molar-refractivity contribution in [1.29, 1.82) is 0 Å². The largest absolute Gasteiger partial charge is 0.481 e. The molecule has 212 valence electrons. The summed E-state index contributed by atoms with van der Waals surface area (Å²) in [6.45, 7) is 1.60. The van der Waals surface area contributed by atoms with Gasteiger partial charge in [0.1, 0.15) is 11.5 Å². The highest BCUT2D eigenvalue weighted by molar-refractivity contribution is 6.30. The molecule has 0 spiro atoms. The molecule has 0 aliphatic carbocycles. The van der Waals surface area contributed by atoms with Crippen LogP contribution in [0.1, 0.15) is 44.8 Å². The number of aryl methyl sites for hydroxylation is 1. The Morgan fingerprint density at radius 2 is 1.57 bits per heavy atom. The number of aliphatic carboxylic acids is 2. The molecule has 0 aliphatic heterocycles. The zero-order valence-electron chi connectivity index (χ0n) is 21.8. The molecule has 0 unspecified atom stereocenters. The molecule has 3 aromatic rings. The number of halogens is 1. The number of primary amides is 1. The minimum atomic E-state index is -1.25. The van der Waals surface area contributed by atoms with E-state index in [2.05, 4.69) is 10.5 Å². The first-order chi connectivity index (χ1) is 19.0. The molecule has 3 rings (SSSR count). The van der Waals surface area contributed by atoms with Crippen LogP contribution < -0.4 is 11.1 Å². The van der Waals surface area contributed by atoms with Crippen molar-refractivity contribution in [2.75, 3.05) is 0 Å². The van der Waals surface area contributed by atoms with Gasteiger partial charge in [0.2, 0.25) is 11.8 Å². The summed E-state index contributed by atoms with van der Waals surface area (Å²) in [5, 5.41) is 23.8. The lowest BCUT2D eigenvalue weighted by atomic mass is 10.0. The molecule has 1 aromatic heterocycles. The van der Waals surface area contributed by atoms with Crippen LogP contribution in [-0.2, 0) is 30.4 Å². The number of hydrogen-bond acceptors (Lipinski definition) is 7. The molecule has 1 heterocycles. The summed E-state index contributed by atoms with van der Waals surface area (Å²) in [4.78, 5) is 55.8. The van der Waals surface area contributed by atoms with Gasteiger partial charge in [-0.05, 0) is 23.3 Å². The first-order valence-corrected chi connectivity index (χ1v) is 12.7. The number of nitrogens with two attached hydrogens (primary N) is 1. The minimum Gasteiger partial charge on any atom is -0.481 e. The number of nitrogens with zero attached hydrogens (tertiary/aromatic N) is 1. The van der Waals surface area contributed by atoms with Crippen LogP contribution in [0.3, 0.4) is 0 Å². The van der Waals surface area contributed by atoms with Gasteiger partial charge >= 0.3 is 11.9 Å². The van der Waals surface area contributed by atoms with Crippen LogP contribution in [0.2, 0.25) is 5.02 Å². The van der Waals surface area contributed by atoms with Crippen LogP contribution in [0, 0.1) is 0 Å². The number of amides is 2. The minimum absolute atomic E-state index is 0.0401. The average molecular weight is 572 g/mol. The summed E-state index contributed by atoms with van der Waals surface area (Å²) < 4.78 is 5.32. The molecule has 0 saturated carbocycles. The van der Waals surface area contributed by atoms with Gasteiger partial charge in [0.05, 0.1) is 12.5 Å². The van der Waals surface area contributed by atoms with Crippen molar-refractivity contribution in [2.45, 2.75) is 51.5 Å². The van der Waals surface area contributed by atoms with E-state index in [-0.39, 0.29) is 32.1 Å². The number of carboxylic acids is 2. The van der Waals surface area contributed by atoms with Crippen molar-refractivity contribution in [3.05, 3.63) is 65.4 Å². The SMILES string of the molecule is CCC(=O)O.NC(=O)CCC(=O)[C@H](CC(=O)O)NC(=O)CCc1cc(-c2ccc(-c3cccc(Cl)c3)cc2)no1. The maximum absolute atomic E-state index is 12.3. The van der Waals surface area contributed by atoms with Crippen LogP contribution in [-0.4, -0.2) is 50.9 Å². The second-order valence-corrected chi connectivity index (χ2v) is 9.10. The Labute approximate surface area is 235 Å². The Kier molecular flexibility index (Phi) is 12.5. The van der Waals surface area contributed by atoms with Gasteiger partial charge in [-0.25, -0.2) is 0 Å². The van der Waals surface area contributed by atoms with Gasteiger partial charge in [-0.2, -0.15) is 0 Å². The first kappa shape index (κ1) is 31.7. The Morgan fingerprint density at radius 1 is 0.925 bits per heavy atom. The van der Waals surface area contributed by atoms with Gasteiger partial charge in [0.15, 0.2) is 5.78 Å². The molecule has 0 bridgehead atoms. The lowest BCUT2D eigenvalue weighted by Gasteiger charge is -2.15. The predicted octanol–water partition coefficient (Wildman–Crippen LogP) is 3.87. The molecule has 1 atom stereocenters. The monoisotopic (exact) mass is 571 g/mol. The lowest BCUT2D eigenvalue weighted by molar-refractivity contribution is -0.140. The highest BCUT2D eigenvalue weighted by atomic mass is 35.5. The maximum Gasteiger partial charge on any atom is 0.305 e. The quantitative estimate of drug-likeness (QED) is 0.236. The number of carbonyl (C=O) groups is 5. The van der Waals surface area contributed by atoms with E-state index in [0.717, 1.165) is 16.7 Å². The van der Waals surface area contributed by atoms with Gasteiger partial charge in [-0.3, -0.25) is 24.0 Å². The van der Waals surface area contributed by atoms with Gasteiger partial charge < -0.3 is 25.8 Å². The molecule has 2 aromatic carbocycles. The molecule has 0 saturated heterocycles. The third-order valence-corrected chi connectivity index (χ3v) is 5.75. The van der Waals surface area contributed by atoms with Crippen molar-refractivity contribution >= 4 is 41.1 Å². The zero-order chi connectivity index (χ0) is 29.7. The number of carboxylic acid groups (broad SMARTS) is 2. The molecule has 40 heavy (non-hydrogen) atoms. The molecular weight excluding hydrogens is 542 g/mol. The van der Waals surface area contributed by atoms with E-state index in [1.807, 2.05) is 48.5 Å². The average Bonchev–Trinajstić information content (AvgIpc) is 3.39. The number of rotatable bonds is 13. The zero-order valence-corrected chi connectivity index (χ0v) is 22.5. The van der Waals surface area contributed by atoms with Gasteiger partial charge in [0, 0.05) is 48.8 Å². The van der Waals surface area contributed by atoms with E-state index in [1.165, 1.54) is 0 Å². The Bertz CT molecular complexity index is 1340. The molecule has 0 radical (unpaired) electrons. The van der Waals surface area contributed by atoms with Crippen molar-refractivity contribution in [1.82, 2.24) is 10.5 Å². The van der Waals surface area contributed by atoms with Crippen LogP contribution >= 0.6 is 11.6 Å². The fourth-order valence-electron chi connectivity index (χ4n) is 3.41. The third-order valence-electron chi connectivity index (χ3n) is 5.52. The molecule has 11 nitrogen and oxygen atoms in total. The van der Waals surface area contributed by atoms with Gasteiger partial charge in [-0.1, -0.05) is 60.1 Å². The van der Waals surface area contributed by atoms with Crippen LogP contribution in [0.4, 0.5) is 0 Å². The van der Waals surface area contributed by atoms with E-state index in [9.17, 15) is 24.0 Å². The van der Waals surface area contributed by atoms with Crippen LogP contribution in [0.5, 0.6) is 0 Å². The summed E-state index contributed by atoms with van der Waals surface area (Å²) >= 11 is 6.06. The Hall–Kier alpha value is -4.51. The van der Waals surface area contributed by atoms with Crippen LogP contribution in [0.15, 0.2) is 59.1 Å². The second-order valence-electron chi connectivity index (χ2n) is 8.66. The molecule has 2 amide bonds. The summed E-state index contributed by atoms with van der Waals surface area (Å²) in [5.74, 6) is -3.30. The summed E-state index contributed by atoms with van der Waals surface area (Å²) in [6.07, 6.45) is -0.655. The predicted molar refractivity (Wildman–Crippen MR) is 146 cm³/mol. The summed E-state index contributed by atoms with van der Waals surface area (Å²) in [5.41, 5.74) is 8.44. The van der Waals surface area contributed by atoms with Crippen molar-refractivity contribution in [3.8, 4) is 22.4 Å². The molecule has 5 N–H and O–H groups in total. The standard InChI is InChI=1S/C25H24ClN3O6.C3H6O2/c26-18-3-1-2-17(12-18)15-4-6-16(7-5-15)20-13-19(35-29-20)8-11-24(32)28-21(14-25(33)34)22(30)9-10-23(27)31;1-2-3(4)5/h1-7,12-13,21H,8-11,14H2,(H2,27,31)(H,28,32)(H,33,34);2H2,1H3,(H,4,5)/t21-;/m0./s1. The Balaban J connectivity index is 0.00000103. The van der Waals surface area contributed by atoms with E-state index >= 15 is 0 Å². The van der Waals surface area contributed by atoms with Crippen molar-refractivity contribution in [3.63, 3.8) is 0 Å². The fourth-order valence-corrected chi connectivity index (χ4v) is 3.60. The fraction of sp³-hybridized carbons (Fsp3) is 0.286. The van der Waals surface area contributed by atoms with Crippen molar-refractivity contribution < 1.29 is 38.7 Å². The van der Waals surface area contributed by atoms with Gasteiger partial charge in [-0.15, -0.1) is 0 Å². The van der Waals surface area contributed by atoms with Crippen molar-refractivity contribution in [2.24, 2.45) is 5.73 Å². The lowest BCUT2D eigenvalue weighted by Crippen LogP contribution is -2.42. The smallest absolute Gasteiger partial charge is 0.305 e. The topological polar surface area (TPSA) is 190 Å². The summed E-state index contributed by atoms with van der Waals surface area (Å²) in [6, 6.07) is 15.7. The summed E-state index contributed by atoms with van der Waals surface area (Å²) in [7, 11) is 0. The number of carbonyl (C=O) groups excluding carboxylic acids is 3. The number of benzene rings is 2. The van der Waals surface area contributed by atoms with Gasteiger partial charge in [0.25, 0.3) is 0 Å². The van der Waals surface area contributed by atoms with E-state index in [0.29, 0.717) is 16.5 Å². The number of hydrogen-bond donors (Lipinski definition) is 4. The molecular formula is C28H30ClN3O8. The molecule has 0 aliphatic rings. The molecule has 12 heteroatoms. The van der Waals surface area contributed by atoms with Crippen LogP contribution in [0.25, 0.3) is 22.4 Å². The van der Waals surface area contributed by atoms with E-state index < -0.39 is 42.0 Å². The van der Waals surface area contributed by atoms with E-state index in [1.54, 1.807) is 13.0 Å². The number of ketones is 1. The highest BCUT2D eigenvalue weighted by Crippen LogP contribution is 2.26. The highest BCUT2D eigenvalue weighted by Gasteiger charge is 2.24.